The summed E-state index contributed by atoms with van der Waals surface area (Å²) in [5, 5.41) is 21.9. The molecular weight excluding hydrogens is 278 g/mol. The lowest BCUT2D eigenvalue weighted by molar-refractivity contribution is 0.465. The average Bonchev–Trinajstić information content (AvgIpc) is 2.87. The Morgan fingerprint density at radius 2 is 1.86 bits per heavy atom. The van der Waals surface area contributed by atoms with Crippen molar-refractivity contribution in [1.29, 1.82) is 0 Å². The van der Waals surface area contributed by atoms with E-state index in [1.54, 1.807) is 12.1 Å². The smallest absolute Gasteiger partial charge is 0.169 e. The van der Waals surface area contributed by atoms with E-state index in [9.17, 15) is 5.11 Å². The van der Waals surface area contributed by atoms with Crippen molar-refractivity contribution >= 4 is 11.5 Å². The third-order valence-corrected chi connectivity index (χ3v) is 4.54. The quantitative estimate of drug-likeness (QED) is 0.776. The van der Waals surface area contributed by atoms with Gasteiger partial charge < -0.3 is 21.1 Å². The summed E-state index contributed by atoms with van der Waals surface area (Å²) in [7, 11) is 0. The summed E-state index contributed by atoms with van der Waals surface area (Å²) < 4.78 is 0. The van der Waals surface area contributed by atoms with Gasteiger partial charge in [-0.15, -0.1) is 10.2 Å². The first kappa shape index (κ1) is 13.3. The minimum Gasteiger partial charge on any atom is -0.507 e. The zero-order valence-corrected chi connectivity index (χ0v) is 12.2. The Balaban J connectivity index is 1.71. The van der Waals surface area contributed by atoms with Crippen LogP contribution >= 0.6 is 0 Å². The Hall–Kier alpha value is -2.34. The average molecular weight is 297 g/mol. The van der Waals surface area contributed by atoms with Crippen LogP contribution in [0.5, 0.6) is 5.75 Å². The highest BCUT2D eigenvalue weighted by Crippen LogP contribution is 2.33. The number of nitrogen functional groups attached to an aromatic ring is 1. The van der Waals surface area contributed by atoms with Crippen molar-refractivity contribution in [3.8, 4) is 17.0 Å². The predicted octanol–water partition coefficient (Wildman–Crippen LogP) is 1.37. The summed E-state index contributed by atoms with van der Waals surface area (Å²) in [6.45, 7) is 1.87. The largest absolute Gasteiger partial charge is 0.507 e. The Bertz CT molecular complexity index is 693. The molecule has 2 saturated heterocycles. The van der Waals surface area contributed by atoms with Crippen LogP contribution in [-0.2, 0) is 0 Å². The minimum absolute atomic E-state index is 0.202. The van der Waals surface area contributed by atoms with Crippen molar-refractivity contribution in [2.75, 3.05) is 23.7 Å². The third kappa shape index (κ3) is 2.25. The van der Waals surface area contributed by atoms with Crippen molar-refractivity contribution < 1.29 is 5.11 Å². The molecule has 22 heavy (non-hydrogen) atoms. The van der Waals surface area contributed by atoms with Gasteiger partial charge in [0.25, 0.3) is 0 Å². The Labute approximate surface area is 129 Å². The van der Waals surface area contributed by atoms with Crippen molar-refractivity contribution in [2.45, 2.75) is 24.9 Å². The minimum atomic E-state index is 0.202. The number of nitrogens with zero attached hydrogens (tertiary/aromatic N) is 3. The maximum Gasteiger partial charge on any atom is 0.169 e. The molecule has 4 rings (SSSR count). The van der Waals surface area contributed by atoms with Crippen LogP contribution in [0, 0.1) is 0 Å². The second-order valence-electron chi connectivity index (χ2n) is 6.06. The van der Waals surface area contributed by atoms with Gasteiger partial charge in [0.15, 0.2) is 5.82 Å². The molecule has 3 heterocycles. The number of aromatic nitrogens is 2. The summed E-state index contributed by atoms with van der Waals surface area (Å²) >= 11 is 0. The molecule has 1 aromatic carbocycles. The highest BCUT2D eigenvalue weighted by Gasteiger charge is 2.33. The molecule has 4 N–H and O–H groups in total. The van der Waals surface area contributed by atoms with Crippen LogP contribution in [0.3, 0.4) is 0 Å². The number of hydrogen-bond acceptors (Lipinski definition) is 6. The van der Waals surface area contributed by atoms with Gasteiger partial charge in [-0.25, -0.2) is 0 Å². The van der Waals surface area contributed by atoms with E-state index in [2.05, 4.69) is 20.4 Å². The molecule has 6 nitrogen and oxygen atoms in total. The molecule has 6 heteroatoms. The SMILES string of the molecule is Nc1nnc(-c2ccccc2O)cc1N1CC2CCC(C1)N2. The zero-order chi connectivity index (χ0) is 15.1. The summed E-state index contributed by atoms with van der Waals surface area (Å²) in [4.78, 5) is 2.28. The first-order valence-corrected chi connectivity index (χ1v) is 7.63. The van der Waals surface area contributed by atoms with Crippen LogP contribution < -0.4 is 16.0 Å². The number of phenolic OH excluding ortho intramolecular Hbond substituents is 1. The lowest BCUT2D eigenvalue weighted by Gasteiger charge is -2.34. The number of fused-ring (bicyclic) bond motifs is 2. The van der Waals surface area contributed by atoms with E-state index >= 15 is 0 Å². The van der Waals surface area contributed by atoms with Gasteiger partial charge in [0, 0.05) is 30.7 Å². The molecule has 2 bridgehead atoms. The number of anilines is 2. The summed E-state index contributed by atoms with van der Waals surface area (Å²) in [6, 6.07) is 10.1. The lowest BCUT2D eigenvalue weighted by atomic mass is 10.1. The van der Waals surface area contributed by atoms with Gasteiger partial charge in [-0.2, -0.15) is 0 Å². The molecule has 2 aliphatic heterocycles. The molecule has 2 atom stereocenters. The van der Waals surface area contributed by atoms with E-state index in [0.717, 1.165) is 18.8 Å². The molecule has 2 fully saturated rings. The fourth-order valence-electron chi connectivity index (χ4n) is 3.46. The summed E-state index contributed by atoms with van der Waals surface area (Å²) in [6.07, 6.45) is 2.43. The summed E-state index contributed by atoms with van der Waals surface area (Å²) in [5.41, 5.74) is 8.28. The van der Waals surface area contributed by atoms with Crippen molar-refractivity contribution in [2.24, 2.45) is 0 Å². The van der Waals surface area contributed by atoms with Crippen LogP contribution in [-0.4, -0.2) is 40.5 Å². The fourth-order valence-corrected chi connectivity index (χ4v) is 3.46. The highest BCUT2D eigenvalue weighted by atomic mass is 16.3. The normalized spacial score (nSPS) is 23.7. The number of hydrogen-bond donors (Lipinski definition) is 3. The summed E-state index contributed by atoms with van der Waals surface area (Å²) in [5.74, 6) is 0.647. The van der Waals surface area contributed by atoms with Crippen molar-refractivity contribution in [1.82, 2.24) is 15.5 Å². The molecule has 2 aromatic rings. The topological polar surface area (TPSA) is 87.3 Å². The molecular formula is C16H19N5O. The van der Waals surface area contributed by atoms with E-state index in [-0.39, 0.29) is 5.75 Å². The van der Waals surface area contributed by atoms with E-state index in [0.29, 0.717) is 29.2 Å². The maximum absolute atomic E-state index is 10.0. The zero-order valence-electron chi connectivity index (χ0n) is 12.2. The van der Waals surface area contributed by atoms with Crippen molar-refractivity contribution in [3.63, 3.8) is 0 Å². The Kier molecular flexibility index (Phi) is 3.11. The first-order chi connectivity index (χ1) is 10.7. The van der Waals surface area contributed by atoms with Crippen LogP contribution in [0.4, 0.5) is 11.5 Å². The Morgan fingerprint density at radius 3 is 2.59 bits per heavy atom. The molecule has 114 valence electrons. The number of benzene rings is 1. The number of phenols is 1. The number of nitrogens with two attached hydrogens (primary N) is 1. The van der Waals surface area contributed by atoms with Crippen LogP contribution in [0.25, 0.3) is 11.3 Å². The third-order valence-electron chi connectivity index (χ3n) is 4.54. The van der Waals surface area contributed by atoms with E-state index in [1.165, 1.54) is 12.8 Å². The monoisotopic (exact) mass is 297 g/mol. The molecule has 0 radical (unpaired) electrons. The van der Waals surface area contributed by atoms with Crippen LogP contribution in [0.15, 0.2) is 30.3 Å². The first-order valence-electron chi connectivity index (χ1n) is 7.63. The Morgan fingerprint density at radius 1 is 1.14 bits per heavy atom. The molecule has 0 spiro atoms. The van der Waals surface area contributed by atoms with Crippen LogP contribution in [0.1, 0.15) is 12.8 Å². The van der Waals surface area contributed by atoms with E-state index in [1.807, 2.05) is 18.2 Å². The standard InChI is InChI=1S/C16H19N5O/c17-16-14(21-8-10-5-6-11(9-21)18-10)7-13(19-20-16)12-3-1-2-4-15(12)22/h1-4,7,10-11,18,22H,5-6,8-9H2,(H2,17,20). The highest BCUT2D eigenvalue weighted by molar-refractivity contribution is 5.74. The molecule has 0 saturated carbocycles. The van der Waals surface area contributed by atoms with E-state index < -0.39 is 0 Å². The lowest BCUT2D eigenvalue weighted by Crippen LogP contribution is -2.51. The number of piperazine rings is 1. The predicted molar refractivity (Wildman–Crippen MR) is 85.7 cm³/mol. The van der Waals surface area contributed by atoms with Gasteiger partial charge in [0.2, 0.25) is 0 Å². The van der Waals surface area contributed by atoms with Gasteiger partial charge in [-0.3, -0.25) is 0 Å². The number of rotatable bonds is 2. The van der Waals surface area contributed by atoms with Gasteiger partial charge in [-0.1, -0.05) is 12.1 Å². The number of nitrogens with one attached hydrogen (secondary N) is 1. The second kappa shape index (κ2) is 5.14. The molecule has 2 aliphatic rings. The van der Waals surface area contributed by atoms with Crippen LogP contribution in [0.2, 0.25) is 0 Å². The molecule has 1 aromatic heterocycles. The molecule has 2 unspecified atom stereocenters. The number of aromatic hydroxyl groups is 1. The van der Waals surface area contributed by atoms with Gasteiger partial charge in [-0.05, 0) is 31.0 Å². The van der Waals surface area contributed by atoms with Gasteiger partial charge in [0.05, 0.1) is 11.4 Å². The fraction of sp³-hybridized carbons (Fsp3) is 0.375. The maximum atomic E-state index is 10.0. The van der Waals surface area contributed by atoms with Gasteiger partial charge in [0.1, 0.15) is 5.75 Å². The van der Waals surface area contributed by atoms with Gasteiger partial charge >= 0.3 is 0 Å². The number of para-hydroxylation sites is 1. The molecule has 0 aliphatic carbocycles. The van der Waals surface area contributed by atoms with Crippen molar-refractivity contribution in [3.05, 3.63) is 30.3 Å². The van der Waals surface area contributed by atoms with E-state index in [4.69, 9.17) is 5.73 Å². The molecule has 0 amide bonds. The second-order valence-corrected chi connectivity index (χ2v) is 6.06.